The van der Waals surface area contributed by atoms with Crippen molar-refractivity contribution in [1.82, 2.24) is 19.6 Å². The van der Waals surface area contributed by atoms with E-state index in [1.165, 1.54) is 30.5 Å². The van der Waals surface area contributed by atoms with Crippen LogP contribution in [0.4, 0.5) is 6.01 Å². The number of aromatic nitrogens is 2. The summed E-state index contributed by atoms with van der Waals surface area (Å²) in [4.78, 5) is 21.4. The van der Waals surface area contributed by atoms with Gasteiger partial charge in [0.15, 0.2) is 11.2 Å². The number of H-pyrrole nitrogens is 1. The number of anilines is 1. The molecule has 0 aliphatic carbocycles. The Morgan fingerprint density at radius 2 is 1.89 bits per heavy atom. The minimum atomic E-state index is -3.60. The lowest BCUT2D eigenvalue weighted by molar-refractivity contribution is 0.343. The van der Waals surface area contributed by atoms with Crippen molar-refractivity contribution in [2.24, 2.45) is 0 Å². The largest absolute Gasteiger partial charge is 0.492 e. The van der Waals surface area contributed by atoms with Crippen LogP contribution in [-0.4, -0.2) is 62.5 Å². The summed E-state index contributed by atoms with van der Waals surface area (Å²) < 4.78 is 43.6. The molecule has 0 saturated carbocycles. The number of sulfonamides is 1. The zero-order chi connectivity index (χ0) is 25.4. The Kier molecular flexibility index (Phi) is 6.49. The van der Waals surface area contributed by atoms with Gasteiger partial charge in [-0.15, -0.1) is 0 Å². The molecule has 0 radical (unpaired) electrons. The molecule has 4 aromatic rings. The van der Waals surface area contributed by atoms with Crippen molar-refractivity contribution < 1.29 is 22.0 Å². The summed E-state index contributed by atoms with van der Waals surface area (Å²) in [6.07, 6.45) is 1.78. The smallest absolute Gasteiger partial charge is 0.417 e. The lowest BCUT2D eigenvalue weighted by atomic mass is 10.0. The number of oxazole rings is 2. The standard InChI is InChI=1S/C24H29N5O6S/c1-4-33-20-11-15(12-21-22(20)27-24(30)35-21)14-29(16-7-9-25-10-8-16)23-26-18-13-17(5-6-19(18)34-23)36(31,32)28(2)3/h5-6,11-13,16,25H,4,7-10,14H2,1-3H3,(H,27,30). The average molecular weight is 516 g/mol. The summed E-state index contributed by atoms with van der Waals surface area (Å²) in [5, 5.41) is 3.38. The highest BCUT2D eigenvalue weighted by atomic mass is 32.2. The predicted molar refractivity (Wildman–Crippen MR) is 135 cm³/mol. The van der Waals surface area contributed by atoms with Crippen LogP contribution in [0.1, 0.15) is 25.3 Å². The molecule has 2 aromatic heterocycles. The van der Waals surface area contributed by atoms with E-state index < -0.39 is 15.8 Å². The van der Waals surface area contributed by atoms with Gasteiger partial charge in [-0.05, 0) is 68.8 Å². The molecule has 36 heavy (non-hydrogen) atoms. The third kappa shape index (κ3) is 4.59. The summed E-state index contributed by atoms with van der Waals surface area (Å²) in [5.74, 6) is -0.00189. The second kappa shape index (κ2) is 9.60. The predicted octanol–water partition coefficient (Wildman–Crippen LogP) is 2.67. The fourth-order valence-electron chi connectivity index (χ4n) is 4.49. The van der Waals surface area contributed by atoms with Crippen LogP contribution in [-0.2, 0) is 16.6 Å². The van der Waals surface area contributed by atoms with Gasteiger partial charge in [-0.1, -0.05) is 0 Å². The second-order valence-corrected chi connectivity index (χ2v) is 11.1. The third-order valence-corrected chi connectivity index (χ3v) is 8.14. The quantitative estimate of drug-likeness (QED) is 0.363. The molecule has 3 heterocycles. The van der Waals surface area contributed by atoms with Crippen LogP contribution < -0.4 is 20.7 Å². The Labute approximate surface area is 208 Å². The number of hydrogen-bond donors (Lipinski definition) is 2. The fraction of sp³-hybridized carbons (Fsp3) is 0.417. The molecule has 12 heteroatoms. The lowest BCUT2D eigenvalue weighted by Crippen LogP contribution is -2.43. The minimum Gasteiger partial charge on any atom is -0.492 e. The number of nitrogens with zero attached hydrogens (tertiary/aromatic N) is 3. The molecular formula is C24H29N5O6S. The molecule has 0 spiro atoms. The van der Waals surface area contributed by atoms with E-state index in [9.17, 15) is 13.2 Å². The second-order valence-electron chi connectivity index (χ2n) is 8.94. The number of ether oxygens (including phenoxy) is 1. The number of hydrogen-bond acceptors (Lipinski definition) is 9. The van der Waals surface area contributed by atoms with Crippen LogP contribution in [0.25, 0.3) is 22.2 Å². The van der Waals surface area contributed by atoms with Crippen LogP contribution in [0.15, 0.2) is 48.9 Å². The van der Waals surface area contributed by atoms with Gasteiger partial charge in [-0.3, -0.25) is 4.98 Å². The van der Waals surface area contributed by atoms with Crippen molar-refractivity contribution in [2.75, 3.05) is 38.7 Å². The molecule has 1 saturated heterocycles. The number of benzene rings is 2. The first-order valence-electron chi connectivity index (χ1n) is 11.9. The minimum absolute atomic E-state index is 0.147. The van der Waals surface area contributed by atoms with Crippen molar-refractivity contribution in [2.45, 2.75) is 37.2 Å². The van der Waals surface area contributed by atoms with Gasteiger partial charge >= 0.3 is 5.76 Å². The molecular weight excluding hydrogens is 486 g/mol. The normalized spacial score (nSPS) is 15.2. The number of fused-ring (bicyclic) bond motifs is 2. The highest BCUT2D eigenvalue weighted by molar-refractivity contribution is 7.89. The van der Waals surface area contributed by atoms with Crippen molar-refractivity contribution in [3.05, 3.63) is 46.4 Å². The van der Waals surface area contributed by atoms with Crippen LogP contribution in [0.5, 0.6) is 5.75 Å². The maximum absolute atomic E-state index is 12.6. The van der Waals surface area contributed by atoms with E-state index in [0.29, 0.717) is 47.1 Å². The van der Waals surface area contributed by atoms with Crippen molar-refractivity contribution in [1.29, 1.82) is 0 Å². The summed E-state index contributed by atoms with van der Waals surface area (Å²) in [6.45, 7) is 4.48. The molecule has 1 aliphatic heterocycles. The Morgan fingerprint density at radius 3 is 2.61 bits per heavy atom. The SMILES string of the molecule is CCOc1cc(CN(c2nc3cc(S(=O)(=O)N(C)C)ccc3o2)C2CCNCC2)cc2oc(=O)[nH]c12. The number of piperidine rings is 1. The molecule has 2 N–H and O–H groups in total. The van der Waals surface area contributed by atoms with Gasteiger partial charge in [0.1, 0.15) is 16.8 Å². The fourth-order valence-corrected chi connectivity index (χ4v) is 5.42. The van der Waals surface area contributed by atoms with Crippen molar-refractivity contribution in [3.8, 4) is 5.75 Å². The van der Waals surface area contributed by atoms with Gasteiger partial charge < -0.3 is 23.8 Å². The van der Waals surface area contributed by atoms with Crippen LogP contribution in [0.2, 0.25) is 0 Å². The van der Waals surface area contributed by atoms with Crippen LogP contribution in [0.3, 0.4) is 0 Å². The maximum Gasteiger partial charge on any atom is 0.417 e. The molecule has 11 nitrogen and oxygen atoms in total. The molecule has 2 aromatic carbocycles. The molecule has 0 bridgehead atoms. The molecule has 192 valence electrons. The van der Waals surface area contributed by atoms with E-state index in [1.807, 2.05) is 19.1 Å². The van der Waals surface area contributed by atoms with Gasteiger partial charge in [-0.25, -0.2) is 17.5 Å². The van der Waals surface area contributed by atoms with E-state index in [1.54, 1.807) is 6.07 Å². The van der Waals surface area contributed by atoms with Crippen LogP contribution in [0, 0.1) is 0 Å². The molecule has 0 unspecified atom stereocenters. The van der Waals surface area contributed by atoms with E-state index in [-0.39, 0.29) is 10.9 Å². The van der Waals surface area contributed by atoms with Crippen molar-refractivity contribution >= 4 is 38.2 Å². The molecule has 0 atom stereocenters. The first-order valence-corrected chi connectivity index (χ1v) is 13.3. The van der Waals surface area contributed by atoms with Gasteiger partial charge in [0.2, 0.25) is 10.0 Å². The summed E-state index contributed by atoms with van der Waals surface area (Å²) >= 11 is 0. The average Bonchev–Trinajstić information content (AvgIpc) is 3.45. The Balaban J connectivity index is 1.55. The molecule has 0 amide bonds. The van der Waals surface area contributed by atoms with E-state index in [0.717, 1.165) is 31.5 Å². The highest BCUT2D eigenvalue weighted by Crippen LogP contribution is 2.32. The Morgan fingerprint density at radius 1 is 1.11 bits per heavy atom. The van der Waals surface area contributed by atoms with Gasteiger partial charge in [0, 0.05) is 26.7 Å². The zero-order valence-corrected chi connectivity index (χ0v) is 21.2. The molecule has 1 fully saturated rings. The number of nitrogens with one attached hydrogen (secondary N) is 2. The Bertz CT molecular complexity index is 1550. The summed E-state index contributed by atoms with van der Waals surface area (Å²) in [6, 6.07) is 8.95. The topological polar surface area (TPSA) is 134 Å². The van der Waals surface area contributed by atoms with Crippen LogP contribution >= 0.6 is 0 Å². The summed E-state index contributed by atoms with van der Waals surface area (Å²) in [5.41, 5.74) is 2.78. The van der Waals surface area contributed by atoms with Gasteiger partial charge in [-0.2, -0.15) is 4.98 Å². The van der Waals surface area contributed by atoms with E-state index in [4.69, 9.17) is 13.6 Å². The first-order chi connectivity index (χ1) is 17.3. The highest BCUT2D eigenvalue weighted by Gasteiger charge is 2.27. The first kappa shape index (κ1) is 24.3. The molecule has 1 aliphatic rings. The number of aromatic amines is 1. The van der Waals surface area contributed by atoms with E-state index >= 15 is 0 Å². The zero-order valence-electron chi connectivity index (χ0n) is 20.4. The van der Waals surface area contributed by atoms with Gasteiger partial charge in [0.05, 0.1) is 11.5 Å². The van der Waals surface area contributed by atoms with Gasteiger partial charge in [0.25, 0.3) is 6.01 Å². The number of rotatable bonds is 8. The Hall–Kier alpha value is -3.35. The van der Waals surface area contributed by atoms with E-state index in [2.05, 4.69) is 20.2 Å². The molecule has 5 rings (SSSR count). The van der Waals surface area contributed by atoms with Crippen molar-refractivity contribution in [3.63, 3.8) is 0 Å². The monoisotopic (exact) mass is 515 g/mol. The maximum atomic E-state index is 12.6. The lowest BCUT2D eigenvalue weighted by Gasteiger charge is -2.33. The third-order valence-electron chi connectivity index (χ3n) is 6.33. The summed E-state index contributed by atoms with van der Waals surface area (Å²) in [7, 11) is -0.615.